The van der Waals surface area contributed by atoms with E-state index in [2.05, 4.69) is 24.4 Å². The fraction of sp³-hybridized carbons (Fsp3) is 0.346. The number of nitrogens with one attached hydrogen (secondary N) is 1. The van der Waals surface area contributed by atoms with Crippen LogP contribution in [-0.2, 0) is 19.5 Å². The number of rotatable bonds is 12. The van der Waals surface area contributed by atoms with Crippen LogP contribution in [0.5, 0.6) is 0 Å². The molecule has 2 aromatic carbocycles. The summed E-state index contributed by atoms with van der Waals surface area (Å²) in [6, 6.07) is 15.4. The molecular formula is C26H30Cl2N2O2. The second-order valence-corrected chi connectivity index (χ2v) is 8.89. The SMILES string of the molecule is CCCCCCCn1cc(Cc2ccc(NCc3c(Cl)cccc3Cl)cc2)cc1C(=O)O. The average molecular weight is 473 g/mol. The molecule has 1 aromatic heterocycles. The maximum Gasteiger partial charge on any atom is 0.352 e. The first-order valence-corrected chi connectivity index (χ1v) is 11.9. The number of carbonyl (C=O) groups is 1. The fourth-order valence-electron chi connectivity index (χ4n) is 3.79. The Balaban J connectivity index is 1.59. The molecule has 1 heterocycles. The largest absolute Gasteiger partial charge is 0.477 e. The number of aromatic nitrogens is 1. The van der Waals surface area contributed by atoms with E-state index in [1.165, 1.54) is 19.3 Å². The van der Waals surface area contributed by atoms with Gasteiger partial charge in [-0.2, -0.15) is 0 Å². The summed E-state index contributed by atoms with van der Waals surface area (Å²) in [4.78, 5) is 11.7. The number of nitrogens with zero attached hydrogens (tertiary/aromatic N) is 1. The van der Waals surface area contributed by atoms with Gasteiger partial charge in [0.1, 0.15) is 5.69 Å². The molecule has 3 aromatic rings. The molecule has 4 nitrogen and oxygen atoms in total. The van der Waals surface area contributed by atoms with Gasteiger partial charge in [0.05, 0.1) is 0 Å². The van der Waals surface area contributed by atoms with Gasteiger partial charge in [0.15, 0.2) is 0 Å². The molecule has 2 N–H and O–H groups in total. The van der Waals surface area contributed by atoms with E-state index in [1.54, 1.807) is 6.07 Å². The maximum absolute atomic E-state index is 11.7. The third-order valence-electron chi connectivity index (χ3n) is 5.57. The van der Waals surface area contributed by atoms with Crippen LogP contribution in [0.2, 0.25) is 10.0 Å². The van der Waals surface area contributed by atoms with Gasteiger partial charge in [-0.15, -0.1) is 0 Å². The summed E-state index contributed by atoms with van der Waals surface area (Å²) in [5.41, 5.74) is 4.35. The molecule has 0 atom stereocenters. The molecule has 0 spiro atoms. The number of aryl methyl sites for hydroxylation is 1. The van der Waals surface area contributed by atoms with Crippen LogP contribution in [0.25, 0.3) is 0 Å². The molecule has 0 aliphatic heterocycles. The van der Waals surface area contributed by atoms with Crippen LogP contribution in [0.15, 0.2) is 54.7 Å². The van der Waals surface area contributed by atoms with E-state index in [0.717, 1.165) is 41.8 Å². The second-order valence-electron chi connectivity index (χ2n) is 8.07. The highest BCUT2D eigenvalue weighted by Gasteiger charge is 2.13. The zero-order valence-corrected chi connectivity index (χ0v) is 19.9. The van der Waals surface area contributed by atoms with E-state index < -0.39 is 5.97 Å². The lowest BCUT2D eigenvalue weighted by Crippen LogP contribution is -2.07. The first-order valence-electron chi connectivity index (χ1n) is 11.2. The summed E-state index contributed by atoms with van der Waals surface area (Å²) in [6.45, 7) is 3.48. The van der Waals surface area contributed by atoms with Crippen LogP contribution in [0.4, 0.5) is 5.69 Å². The van der Waals surface area contributed by atoms with Gasteiger partial charge in [0.25, 0.3) is 0 Å². The van der Waals surface area contributed by atoms with E-state index in [0.29, 0.717) is 28.7 Å². The molecule has 0 aliphatic carbocycles. The lowest BCUT2D eigenvalue weighted by Gasteiger charge is -2.10. The molecule has 32 heavy (non-hydrogen) atoms. The van der Waals surface area contributed by atoms with Crippen LogP contribution in [0.1, 0.15) is 66.2 Å². The molecular weight excluding hydrogens is 443 g/mol. The monoisotopic (exact) mass is 472 g/mol. The van der Waals surface area contributed by atoms with Crippen molar-refractivity contribution in [3.05, 3.63) is 87.2 Å². The number of unbranched alkanes of at least 4 members (excludes halogenated alkanes) is 4. The highest BCUT2D eigenvalue weighted by Crippen LogP contribution is 2.25. The van der Waals surface area contributed by atoms with Gasteiger partial charge in [-0.25, -0.2) is 4.79 Å². The Bertz CT molecular complexity index is 1010. The van der Waals surface area contributed by atoms with Crippen LogP contribution in [0, 0.1) is 0 Å². The Morgan fingerprint density at radius 3 is 2.31 bits per heavy atom. The van der Waals surface area contributed by atoms with Crippen molar-refractivity contribution in [2.75, 3.05) is 5.32 Å². The Morgan fingerprint density at radius 2 is 1.66 bits per heavy atom. The molecule has 6 heteroatoms. The topological polar surface area (TPSA) is 54.3 Å². The number of hydrogen-bond acceptors (Lipinski definition) is 2. The first-order chi connectivity index (χ1) is 15.5. The fourth-order valence-corrected chi connectivity index (χ4v) is 4.32. The lowest BCUT2D eigenvalue weighted by molar-refractivity contribution is 0.0685. The van der Waals surface area contributed by atoms with E-state index in [9.17, 15) is 9.90 Å². The molecule has 0 fully saturated rings. The normalized spacial score (nSPS) is 11.0. The molecule has 170 valence electrons. The molecule has 0 bridgehead atoms. The summed E-state index contributed by atoms with van der Waals surface area (Å²) in [5.74, 6) is -0.873. The van der Waals surface area contributed by atoms with Gasteiger partial charge in [-0.3, -0.25) is 0 Å². The summed E-state index contributed by atoms with van der Waals surface area (Å²) in [6.07, 6.45) is 8.46. The van der Waals surface area contributed by atoms with Crippen molar-refractivity contribution in [1.29, 1.82) is 0 Å². The molecule has 0 unspecified atom stereocenters. The quantitative estimate of drug-likeness (QED) is 0.266. The Hall–Kier alpha value is -2.43. The number of anilines is 1. The molecule has 0 saturated heterocycles. The highest BCUT2D eigenvalue weighted by molar-refractivity contribution is 6.36. The van der Waals surface area contributed by atoms with E-state index in [1.807, 2.05) is 41.1 Å². The van der Waals surface area contributed by atoms with Crippen molar-refractivity contribution >= 4 is 34.9 Å². The van der Waals surface area contributed by atoms with Crippen molar-refractivity contribution in [1.82, 2.24) is 4.57 Å². The summed E-state index contributed by atoms with van der Waals surface area (Å²) >= 11 is 12.5. The van der Waals surface area contributed by atoms with Gasteiger partial charge < -0.3 is 15.0 Å². The van der Waals surface area contributed by atoms with Crippen molar-refractivity contribution in [3.8, 4) is 0 Å². The van der Waals surface area contributed by atoms with Gasteiger partial charge in [-0.1, -0.05) is 74.0 Å². The summed E-state index contributed by atoms with van der Waals surface area (Å²) in [5, 5.41) is 14.2. The number of halogens is 2. The summed E-state index contributed by atoms with van der Waals surface area (Å²) < 4.78 is 1.88. The van der Waals surface area contributed by atoms with Gasteiger partial charge >= 0.3 is 5.97 Å². The third kappa shape index (κ3) is 6.78. The predicted octanol–water partition coefficient (Wildman–Crippen LogP) is 7.67. The Labute approximate surface area is 200 Å². The maximum atomic E-state index is 11.7. The number of aromatic carboxylic acids is 1. The third-order valence-corrected chi connectivity index (χ3v) is 6.28. The first kappa shape index (κ1) is 24.2. The minimum Gasteiger partial charge on any atom is -0.477 e. The highest BCUT2D eigenvalue weighted by atomic mass is 35.5. The Kier molecular flexibility index (Phi) is 9.07. The van der Waals surface area contributed by atoms with Crippen LogP contribution in [-0.4, -0.2) is 15.6 Å². The van der Waals surface area contributed by atoms with Gasteiger partial charge in [0, 0.05) is 40.6 Å². The summed E-state index contributed by atoms with van der Waals surface area (Å²) in [7, 11) is 0. The van der Waals surface area contributed by atoms with Crippen molar-refractivity contribution in [2.24, 2.45) is 0 Å². The molecule has 0 aliphatic rings. The molecule has 3 rings (SSSR count). The number of hydrogen-bond donors (Lipinski definition) is 2. The van der Waals surface area contributed by atoms with Crippen LogP contribution in [0.3, 0.4) is 0 Å². The smallest absolute Gasteiger partial charge is 0.352 e. The average Bonchev–Trinajstić information content (AvgIpc) is 3.17. The van der Waals surface area contributed by atoms with E-state index in [4.69, 9.17) is 23.2 Å². The minimum absolute atomic E-state index is 0.366. The van der Waals surface area contributed by atoms with Crippen molar-refractivity contribution in [3.63, 3.8) is 0 Å². The molecule has 0 amide bonds. The predicted molar refractivity (Wildman–Crippen MR) is 133 cm³/mol. The number of carboxylic acid groups (broad SMARTS) is 1. The zero-order chi connectivity index (χ0) is 22.9. The number of benzene rings is 2. The minimum atomic E-state index is -0.873. The van der Waals surface area contributed by atoms with Crippen LogP contribution >= 0.6 is 23.2 Å². The standard InChI is InChI=1S/C26H30Cl2N2O2/c1-2-3-4-5-6-14-30-18-20(16-25(30)26(31)32)15-19-10-12-21(13-11-19)29-17-22-23(27)8-7-9-24(22)28/h7-13,16,18,29H,2-6,14-15,17H2,1H3,(H,31,32). The second kappa shape index (κ2) is 12.0. The van der Waals surface area contributed by atoms with Crippen LogP contribution < -0.4 is 5.32 Å². The zero-order valence-electron chi connectivity index (χ0n) is 18.4. The molecule has 0 radical (unpaired) electrons. The van der Waals surface area contributed by atoms with E-state index in [-0.39, 0.29) is 0 Å². The van der Waals surface area contributed by atoms with Gasteiger partial charge in [0.2, 0.25) is 0 Å². The molecule has 0 saturated carbocycles. The number of carboxylic acids is 1. The van der Waals surface area contributed by atoms with Gasteiger partial charge in [-0.05, 0) is 54.3 Å². The Morgan fingerprint density at radius 1 is 0.969 bits per heavy atom. The van der Waals surface area contributed by atoms with Crippen molar-refractivity contribution < 1.29 is 9.90 Å². The van der Waals surface area contributed by atoms with Crippen molar-refractivity contribution in [2.45, 2.75) is 58.5 Å². The van der Waals surface area contributed by atoms with E-state index >= 15 is 0 Å². The lowest BCUT2D eigenvalue weighted by atomic mass is 10.1.